The minimum Gasteiger partial charge on any atom is -0.323 e. The number of hydrogen-bond acceptors (Lipinski definition) is 2. The Balaban J connectivity index is 2.10. The Kier molecular flexibility index (Phi) is 2.88. The Bertz CT molecular complexity index is 334. The molecule has 3 heteroatoms. The SMILES string of the molecule is Cc1nc([C@H](N)CC2CC2)ccc1Br. The third-order valence-corrected chi connectivity index (χ3v) is 3.55. The molecule has 2 rings (SSSR count). The van der Waals surface area contributed by atoms with Gasteiger partial charge in [0, 0.05) is 10.5 Å². The van der Waals surface area contributed by atoms with Crippen LogP contribution in [0.1, 0.15) is 36.7 Å². The molecule has 1 fully saturated rings. The summed E-state index contributed by atoms with van der Waals surface area (Å²) in [5.41, 5.74) is 8.12. The minimum absolute atomic E-state index is 0.120. The maximum atomic E-state index is 6.08. The maximum Gasteiger partial charge on any atom is 0.0575 e. The van der Waals surface area contributed by atoms with Gasteiger partial charge in [-0.2, -0.15) is 0 Å². The molecule has 0 radical (unpaired) electrons. The molecule has 1 aliphatic carbocycles. The first-order valence-electron chi connectivity index (χ1n) is 5.05. The first-order valence-corrected chi connectivity index (χ1v) is 5.84. The lowest BCUT2D eigenvalue weighted by molar-refractivity contribution is 0.582. The Morgan fingerprint density at radius 3 is 2.86 bits per heavy atom. The van der Waals surface area contributed by atoms with Crippen molar-refractivity contribution in [3.8, 4) is 0 Å². The molecule has 1 aliphatic rings. The molecule has 76 valence electrons. The zero-order chi connectivity index (χ0) is 10.1. The minimum atomic E-state index is 0.120. The molecule has 0 aromatic carbocycles. The largest absolute Gasteiger partial charge is 0.323 e. The molecule has 0 unspecified atom stereocenters. The molecule has 0 saturated heterocycles. The number of aryl methyl sites for hydroxylation is 1. The van der Waals surface area contributed by atoms with Crippen molar-refractivity contribution in [1.29, 1.82) is 0 Å². The fourth-order valence-electron chi connectivity index (χ4n) is 1.60. The molecule has 2 N–H and O–H groups in total. The Morgan fingerprint density at radius 1 is 1.57 bits per heavy atom. The molecule has 0 spiro atoms. The molecule has 1 aromatic rings. The third-order valence-electron chi connectivity index (χ3n) is 2.71. The summed E-state index contributed by atoms with van der Waals surface area (Å²) in [5.74, 6) is 0.857. The van der Waals surface area contributed by atoms with E-state index >= 15 is 0 Å². The highest BCUT2D eigenvalue weighted by atomic mass is 79.9. The second-order valence-electron chi connectivity index (χ2n) is 4.09. The van der Waals surface area contributed by atoms with Crippen molar-refractivity contribution in [2.45, 2.75) is 32.2 Å². The molecular formula is C11H15BrN2. The number of nitrogens with two attached hydrogens (primary N) is 1. The molecule has 0 amide bonds. The summed E-state index contributed by atoms with van der Waals surface area (Å²) in [7, 11) is 0. The highest BCUT2D eigenvalue weighted by Crippen LogP contribution is 2.36. The van der Waals surface area contributed by atoms with E-state index in [1.807, 2.05) is 19.1 Å². The Morgan fingerprint density at radius 2 is 2.29 bits per heavy atom. The fraction of sp³-hybridized carbons (Fsp3) is 0.545. The van der Waals surface area contributed by atoms with E-state index in [9.17, 15) is 0 Å². The van der Waals surface area contributed by atoms with Crippen LogP contribution < -0.4 is 5.73 Å². The first kappa shape index (κ1) is 10.1. The predicted molar refractivity (Wildman–Crippen MR) is 60.9 cm³/mol. The number of nitrogens with zero attached hydrogens (tertiary/aromatic N) is 1. The van der Waals surface area contributed by atoms with Crippen molar-refractivity contribution in [2.75, 3.05) is 0 Å². The van der Waals surface area contributed by atoms with Crippen molar-refractivity contribution < 1.29 is 0 Å². The summed E-state index contributed by atoms with van der Waals surface area (Å²) in [5, 5.41) is 0. The average molecular weight is 255 g/mol. The van der Waals surface area contributed by atoms with Crippen molar-refractivity contribution in [1.82, 2.24) is 4.98 Å². The zero-order valence-electron chi connectivity index (χ0n) is 8.33. The molecule has 0 bridgehead atoms. The molecule has 2 nitrogen and oxygen atoms in total. The van der Waals surface area contributed by atoms with E-state index in [-0.39, 0.29) is 6.04 Å². The van der Waals surface area contributed by atoms with E-state index in [1.165, 1.54) is 12.8 Å². The summed E-state index contributed by atoms with van der Waals surface area (Å²) < 4.78 is 1.06. The van der Waals surface area contributed by atoms with Crippen LogP contribution in [-0.4, -0.2) is 4.98 Å². The van der Waals surface area contributed by atoms with Gasteiger partial charge in [-0.05, 0) is 47.3 Å². The number of halogens is 1. The van der Waals surface area contributed by atoms with Crippen LogP contribution >= 0.6 is 15.9 Å². The van der Waals surface area contributed by atoms with Crippen molar-refractivity contribution >= 4 is 15.9 Å². The lowest BCUT2D eigenvalue weighted by Crippen LogP contribution is -2.13. The monoisotopic (exact) mass is 254 g/mol. The Labute approximate surface area is 93.0 Å². The lowest BCUT2D eigenvalue weighted by atomic mass is 10.1. The lowest BCUT2D eigenvalue weighted by Gasteiger charge is -2.11. The maximum absolute atomic E-state index is 6.08. The van der Waals surface area contributed by atoms with Gasteiger partial charge >= 0.3 is 0 Å². The van der Waals surface area contributed by atoms with Gasteiger partial charge in [0.2, 0.25) is 0 Å². The highest BCUT2D eigenvalue weighted by Gasteiger charge is 2.25. The third kappa shape index (κ3) is 2.34. The van der Waals surface area contributed by atoms with Crippen LogP contribution in [-0.2, 0) is 0 Å². The molecule has 1 atom stereocenters. The molecule has 1 saturated carbocycles. The van der Waals surface area contributed by atoms with Gasteiger partial charge < -0.3 is 5.73 Å². The molecule has 1 heterocycles. The van der Waals surface area contributed by atoms with Crippen LogP contribution in [0.5, 0.6) is 0 Å². The van der Waals surface area contributed by atoms with Gasteiger partial charge in [-0.15, -0.1) is 0 Å². The number of aromatic nitrogens is 1. The van der Waals surface area contributed by atoms with E-state index in [0.29, 0.717) is 0 Å². The van der Waals surface area contributed by atoms with E-state index in [1.54, 1.807) is 0 Å². The fourth-order valence-corrected chi connectivity index (χ4v) is 1.82. The second kappa shape index (κ2) is 3.99. The van der Waals surface area contributed by atoms with Crippen molar-refractivity contribution in [3.05, 3.63) is 28.0 Å². The summed E-state index contributed by atoms with van der Waals surface area (Å²) in [6, 6.07) is 4.17. The molecule has 1 aromatic heterocycles. The average Bonchev–Trinajstić information content (AvgIpc) is 2.93. The van der Waals surface area contributed by atoms with Crippen molar-refractivity contribution in [3.63, 3.8) is 0 Å². The van der Waals surface area contributed by atoms with Gasteiger partial charge in [-0.25, -0.2) is 0 Å². The number of rotatable bonds is 3. The summed E-state index contributed by atoms with van der Waals surface area (Å²) in [6.07, 6.45) is 3.79. The smallest absolute Gasteiger partial charge is 0.0575 e. The van der Waals surface area contributed by atoms with Gasteiger partial charge in [0.1, 0.15) is 0 Å². The van der Waals surface area contributed by atoms with E-state index < -0.39 is 0 Å². The van der Waals surface area contributed by atoms with Crippen LogP contribution in [0.15, 0.2) is 16.6 Å². The van der Waals surface area contributed by atoms with E-state index in [0.717, 1.165) is 28.2 Å². The van der Waals surface area contributed by atoms with Gasteiger partial charge in [-0.3, -0.25) is 4.98 Å². The van der Waals surface area contributed by atoms with Crippen LogP contribution in [0.3, 0.4) is 0 Å². The summed E-state index contributed by atoms with van der Waals surface area (Å²) in [4.78, 5) is 4.48. The summed E-state index contributed by atoms with van der Waals surface area (Å²) >= 11 is 3.44. The first-order chi connectivity index (χ1) is 6.66. The highest BCUT2D eigenvalue weighted by molar-refractivity contribution is 9.10. The molecule has 14 heavy (non-hydrogen) atoms. The van der Waals surface area contributed by atoms with Gasteiger partial charge in [0.05, 0.1) is 11.4 Å². The molecule has 0 aliphatic heterocycles. The Hall–Kier alpha value is -0.410. The summed E-state index contributed by atoms with van der Waals surface area (Å²) in [6.45, 7) is 2.00. The van der Waals surface area contributed by atoms with E-state index in [4.69, 9.17) is 5.73 Å². The van der Waals surface area contributed by atoms with Gasteiger partial charge in [0.25, 0.3) is 0 Å². The normalized spacial score (nSPS) is 18.2. The zero-order valence-corrected chi connectivity index (χ0v) is 9.92. The number of pyridine rings is 1. The molecular weight excluding hydrogens is 240 g/mol. The van der Waals surface area contributed by atoms with E-state index in [2.05, 4.69) is 20.9 Å². The van der Waals surface area contributed by atoms with Gasteiger partial charge in [-0.1, -0.05) is 12.8 Å². The standard InChI is InChI=1S/C11H15BrN2/c1-7-9(12)4-5-11(14-7)10(13)6-8-2-3-8/h4-5,8,10H,2-3,6,13H2,1H3/t10-/m1/s1. The topological polar surface area (TPSA) is 38.9 Å². The van der Waals surface area contributed by atoms with Crippen LogP contribution in [0.2, 0.25) is 0 Å². The van der Waals surface area contributed by atoms with Crippen LogP contribution in [0.25, 0.3) is 0 Å². The predicted octanol–water partition coefficient (Wildman–Crippen LogP) is 2.95. The van der Waals surface area contributed by atoms with Crippen LogP contribution in [0.4, 0.5) is 0 Å². The van der Waals surface area contributed by atoms with Crippen LogP contribution in [0, 0.1) is 12.8 Å². The quantitative estimate of drug-likeness (QED) is 0.901. The second-order valence-corrected chi connectivity index (χ2v) is 4.94. The van der Waals surface area contributed by atoms with Gasteiger partial charge in [0.15, 0.2) is 0 Å². The number of hydrogen-bond donors (Lipinski definition) is 1. The van der Waals surface area contributed by atoms with Crippen molar-refractivity contribution in [2.24, 2.45) is 11.7 Å².